The summed E-state index contributed by atoms with van der Waals surface area (Å²) in [4.78, 5) is 12.0. The number of nitrogens with one attached hydrogen (secondary N) is 1. The molecule has 2 saturated carbocycles. The molecule has 2 aliphatic carbocycles. The Bertz CT molecular complexity index is 245. The van der Waals surface area contributed by atoms with Gasteiger partial charge in [-0.3, -0.25) is 4.79 Å². The first-order chi connectivity index (χ1) is 7.10. The molecular weight excluding hydrogens is 224 g/mol. The topological polar surface area (TPSA) is 55.1 Å². The lowest BCUT2D eigenvalue weighted by Crippen LogP contribution is -2.58. The first-order valence-electron chi connectivity index (χ1n) is 6.20. The van der Waals surface area contributed by atoms with Gasteiger partial charge >= 0.3 is 0 Å². The van der Waals surface area contributed by atoms with Crippen molar-refractivity contribution in [1.82, 2.24) is 5.32 Å². The van der Waals surface area contributed by atoms with Gasteiger partial charge in [-0.25, -0.2) is 0 Å². The Balaban J connectivity index is 0.00000128. The van der Waals surface area contributed by atoms with E-state index in [0.29, 0.717) is 6.04 Å². The average molecular weight is 247 g/mol. The van der Waals surface area contributed by atoms with Crippen LogP contribution in [0.3, 0.4) is 0 Å². The third-order valence-electron chi connectivity index (χ3n) is 3.91. The van der Waals surface area contributed by atoms with Crippen LogP contribution in [0.4, 0.5) is 0 Å². The van der Waals surface area contributed by atoms with E-state index in [1.807, 2.05) is 0 Å². The van der Waals surface area contributed by atoms with E-state index in [9.17, 15) is 4.79 Å². The van der Waals surface area contributed by atoms with Crippen LogP contribution in [0.1, 0.15) is 51.9 Å². The molecule has 0 radical (unpaired) electrons. The zero-order valence-electron chi connectivity index (χ0n) is 10.00. The van der Waals surface area contributed by atoms with Gasteiger partial charge in [0.25, 0.3) is 0 Å². The van der Waals surface area contributed by atoms with Gasteiger partial charge in [0.15, 0.2) is 0 Å². The molecule has 0 heterocycles. The van der Waals surface area contributed by atoms with Gasteiger partial charge in [-0.15, -0.1) is 12.4 Å². The van der Waals surface area contributed by atoms with Gasteiger partial charge in [-0.1, -0.05) is 26.2 Å². The molecule has 0 saturated heterocycles. The maximum atomic E-state index is 12.0. The lowest BCUT2D eigenvalue weighted by atomic mass is 9.79. The number of nitrogens with two attached hydrogens (primary N) is 1. The number of carbonyl (C=O) groups excluding carboxylic acids is 1. The SMILES string of the molecule is CC1CC(NC(=O)C2(N)CCCCC2)C1.Cl. The maximum Gasteiger partial charge on any atom is 0.240 e. The number of halogens is 1. The number of hydrogen-bond donors (Lipinski definition) is 2. The van der Waals surface area contributed by atoms with E-state index >= 15 is 0 Å². The highest BCUT2D eigenvalue weighted by atomic mass is 35.5. The highest BCUT2D eigenvalue weighted by molar-refractivity contribution is 5.86. The highest BCUT2D eigenvalue weighted by Gasteiger charge is 2.37. The molecule has 2 rings (SSSR count). The molecule has 0 bridgehead atoms. The van der Waals surface area contributed by atoms with E-state index in [2.05, 4.69) is 12.2 Å². The van der Waals surface area contributed by atoms with Crippen molar-refractivity contribution in [2.75, 3.05) is 0 Å². The number of amides is 1. The van der Waals surface area contributed by atoms with Crippen LogP contribution in [0.2, 0.25) is 0 Å². The molecule has 0 unspecified atom stereocenters. The molecule has 3 nitrogen and oxygen atoms in total. The van der Waals surface area contributed by atoms with Gasteiger partial charge in [-0.05, 0) is 31.6 Å². The molecule has 94 valence electrons. The molecule has 2 aliphatic rings. The first-order valence-corrected chi connectivity index (χ1v) is 6.20. The maximum absolute atomic E-state index is 12.0. The van der Waals surface area contributed by atoms with Crippen LogP contribution >= 0.6 is 12.4 Å². The number of rotatable bonds is 2. The highest BCUT2D eigenvalue weighted by Crippen LogP contribution is 2.29. The van der Waals surface area contributed by atoms with Crippen molar-refractivity contribution < 1.29 is 4.79 Å². The molecule has 16 heavy (non-hydrogen) atoms. The monoisotopic (exact) mass is 246 g/mol. The summed E-state index contributed by atoms with van der Waals surface area (Å²) in [7, 11) is 0. The molecule has 0 spiro atoms. The zero-order valence-corrected chi connectivity index (χ0v) is 10.8. The van der Waals surface area contributed by atoms with Crippen molar-refractivity contribution in [2.45, 2.75) is 63.5 Å². The van der Waals surface area contributed by atoms with Crippen LogP contribution in [0, 0.1) is 5.92 Å². The Kier molecular flexibility index (Phi) is 4.62. The van der Waals surface area contributed by atoms with Crippen LogP contribution in [0.15, 0.2) is 0 Å². The summed E-state index contributed by atoms with van der Waals surface area (Å²) in [5, 5.41) is 3.09. The van der Waals surface area contributed by atoms with E-state index in [1.54, 1.807) is 0 Å². The van der Waals surface area contributed by atoms with E-state index < -0.39 is 5.54 Å². The number of carbonyl (C=O) groups is 1. The third kappa shape index (κ3) is 2.89. The smallest absolute Gasteiger partial charge is 0.240 e. The second kappa shape index (κ2) is 5.37. The van der Waals surface area contributed by atoms with Crippen molar-refractivity contribution >= 4 is 18.3 Å². The summed E-state index contributed by atoms with van der Waals surface area (Å²) < 4.78 is 0. The molecule has 1 amide bonds. The molecule has 0 aliphatic heterocycles. The van der Waals surface area contributed by atoms with Crippen LogP contribution in [0.5, 0.6) is 0 Å². The minimum absolute atomic E-state index is 0. The fourth-order valence-corrected chi connectivity index (χ4v) is 2.76. The first kappa shape index (κ1) is 13.8. The predicted molar refractivity (Wildman–Crippen MR) is 67.6 cm³/mol. The Morgan fingerprint density at radius 1 is 1.25 bits per heavy atom. The lowest BCUT2D eigenvalue weighted by Gasteiger charge is -2.38. The Morgan fingerprint density at radius 3 is 2.31 bits per heavy atom. The van der Waals surface area contributed by atoms with E-state index in [1.165, 1.54) is 6.42 Å². The summed E-state index contributed by atoms with van der Waals surface area (Å²) in [5.41, 5.74) is 5.59. The molecule has 0 aromatic carbocycles. The fraction of sp³-hybridized carbons (Fsp3) is 0.917. The molecule has 3 N–H and O–H groups in total. The van der Waals surface area contributed by atoms with Crippen LogP contribution < -0.4 is 11.1 Å². The zero-order chi connectivity index (χ0) is 10.9. The second-order valence-corrected chi connectivity index (χ2v) is 5.46. The lowest BCUT2D eigenvalue weighted by molar-refractivity contribution is -0.129. The van der Waals surface area contributed by atoms with Crippen molar-refractivity contribution in [1.29, 1.82) is 0 Å². The standard InChI is InChI=1S/C12H22N2O.ClH/c1-9-7-10(8-9)14-11(15)12(13)5-3-2-4-6-12;/h9-10H,2-8,13H2,1H3,(H,14,15);1H. The normalized spacial score (nSPS) is 32.1. The summed E-state index contributed by atoms with van der Waals surface area (Å²) in [5.74, 6) is 0.870. The van der Waals surface area contributed by atoms with Crippen molar-refractivity contribution in [3.8, 4) is 0 Å². The molecule has 0 aromatic rings. The Hall–Kier alpha value is -0.280. The van der Waals surface area contributed by atoms with Crippen molar-refractivity contribution in [3.05, 3.63) is 0 Å². The summed E-state index contributed by atoms with van der Waals surface area (Å²) >= 11 is 0. The minimum atomic E-state index is -0.558. The predicted octanol–water partition coefficient (Wildman–Crippen LogP) is 1.98. The van der Waals surface area contributed by atoms with Crippen molar-refractivity contribution in [3.63, 3.8) is 0 Å². The quantitative estimate of drug-likeness (QED) is 0.783. The summed E-state index contributed by atoms with van der Waals surface area (Å²) in [6, 6.07) is 0.398. The Morgan fingerprint density at radius 2 is 1.81 bits per heavy atom. The van der Waals surface area contributed by atoms with E-state index in [-0.39, 0.29) is 18.3 Å². The van der Waals surface area contributed by atoms with Gasteiger partial charge in [0.05, 0.1) is 5.54 Å². The van der Waals surface area contributed by atoms with Gasteiger partial charge < -0.3 is 11.1 Å². The van der Waals surface area contributed by atoms with E-state index in [4.69, 9.17) is 5.73 Å². The summed E-state index contributed by atoms with van der Waals surface area (Å²) in [6.45, 7) is 2.22. The van der Waals surface area contributed by atoms with Gasteiger partial charge in [0.1, 0.15) is 0 Å². The molecule has 4 heteroatoms. The molecule has 0 atom stereocenters. The van der Waals surface area contributed by atoms with Crippen LogP contribution in [0.25, 0.3) is 0 Å². The molecule has 0 aromatic heterocycles. The average Bonchev–Trinajstić information content (AvgIpc) is 2.16. The van der Waals surface area contributed by atoms with E-state index in [0.717, 1.165) is 44.4 Å². The second-order valence-electron chi connectivity index (χ2n) is 5.46. The van der Waals surface area contributed by atoms with Gasteiger partial charge in [-0.2, -0.15) is 0 Å². The van der Waals surface area contributed by atoms with Gasteiger partial charge in [0, 0.05) is 6.04 Å². The summed E-state index contributed by atoms with van der Waals surface area (Å²) in [6.07, 6.45) is 7.41. The minimum Gasteiger partial charge on any atom is -0.352 e. The molecular formula is C12H23ClN2O. The number of hydrogen-bond acceptors (Lipinski definition) is 2. The van der Waals surface area contributed by atoms with Crippen LogP contribution in [-0.4, -0.2) is 17.5 Å². The largest absolute Gasteiger partial charge is 0.352 e. The van der Waals surface area contributed by atoms with Crippen molar-refractivity contribution in [2.24, 2.45) is 11.7 Å². The third-order valence-corrected chi connectivity index (χ3v) is 3.91. The Labute approximate surface area is 104 Å². The van der Waals surface area contributed by atoms with Gasteiger partial charge in [0.2, 0.25) is 5.91 Å². The van der Waals surface area contributed by atoms with Crippen LogP contribution in [-0.2, 0) is 4.79 Å². The fourth-order valence-electron chi connectivity index (χ4n) is 2.76. The molecule has 2 fully saturated rings.